The number of benzene rings is 2. The van der Waals surface area contributed by atoms with E-state index in [0.717, 1.165) is 16.9 Å². The molecule has 4 nitrogen and oxygen atoms in total. The number of aromatic nitrogens is 1. The van der Waals surface area contributed by atoms with Crippen LogP contribution in [0.2, 0.25) is 0 Å². The number of para-hydroxylation sites is 1. The summed E-state index contributed by atoms with van der Waals surface area (Å²) in [5.74, 6) is 0.638. The number of pyridine rings is 1. The molecule has 0 spiro atoms. The molecular formula is C20H18N2O2. The Kier molecular flexibility index (Phi) is 5.20. The van der Waals surface area contributed by atoms with Gasteiger partial charge in [0.2, 0.25) is 0 Å². The van der Waals surface area contributed by atoms with E-state index >= 15 is 0 Å². The van der Waals surface area contributed by atoms with Gasteiger partial charge in [-0.1, -0.05) is 48.5 Å². The van der Waals surface area contributed by atoms with Crippen molar-refractivity contribution in [2.45, 2.75) is 13.2 Å². The van der Waals surface area contributed by atoms with Crippen LogP contribution in [0.5, 0.6) is 5.75 Å². The highest BCUT2D eigenvalue weighted by Crippen LogP contribution is 2.14. The Morgan fingerprint density at radius 1 is 0.875 bits per heavy atom. The fourth-order valence-corrected chi connectivity index (χ4v) is 2.31. The molecule has 3 aromatic rings. The molecule has 4 heteroatoms. The summed E-state index contributed by atoms with van der Waals surface area (Å²) in [6.07, 6.45) is 1.61. The molecule has 0 aliphatic heterocycles. The number of hydrogen-bond acceptors (Lipinski definition) is 3. The molecule has 120 valence electrons. The molecule has 24 heavy (non-hydrogen) atoms. The number of nitrogens with zero attached hydrogens (tertiary/aromatic N) is 1. The molecule has 1 heterocycles. The van der Waals surface area contributed by atoms with Crippen molar-refractivity contribution in [3.05, 3.63) is 95.8 Å². The minimum atomic E-state index is -0.186. The van der Waals surface area contributed by atoms with Crippen LogP contribution in [-0.4, -0.2) is 10.9 Å². The average Bonchev–Trinajstić information content (AvgIpc) is 2.66. The lowest BCUT2D eigenvalue weighted by Gasteiger charge is -2.12. The van der Waals surface area contributed by atoms with Crippen molar-refractivity contribution in [2.24, 2.45) is 0 Å². The average molecular weight is 318 g/mol. The number of amides is 1. The van der Waals surface area contributed by atoms with E-state index < -0.39 is 0 Å². The number of nitrogens with one attached hydrogen (secondary N) is 1. The van der Waals surface area contributed by atoms with Gasteiger partial charge >= 0.3 is 0 Å². The molecule has 0 aliphatic carbocycles. The number of carbonyl (C=O) groups is 1. The predicted octanol–water partition coefficient (Wildman–Crippen LogP) is 3.59. The quantitative estimate of drug-likeness (QED) is 0.755. The van der Waals surface area contributed by atoms with Crippen LogP contribution in [0, 0.1) is 0 Å². The molecule has 2 aromatic carbocycles. The SMILES string of the molecule is O=C(NCc1ccccc1COc1ccccc1)c1ccccn1. The van der Waals surface area contributed by atoms with E-state index in [-0.39, 0.29) is 5.91 Å². The molecule has 0 bridgehead atoms. The molecule has 0 saturated carbocycles. The Balaban J connectivity index is 1.63. The number of carbonyl (C=O) groups excluding carboxylic acids is 1. The van der Waals surface area contributed by atoms with Gasteiger partial charge in [0.25, 0.3) is 5.91 Å². The highest BCUT2D eigenvalue weighted by molar-refractivity contribution is 5.92. The first-order valence-electron chi connectivity index (χ1n) is 7.77. The summed E-state index contributed by atoms with van der Waals surface area (Å²) in [6.45, 7) is 0.892. The number of ether oxygens (including phenoxy) is 1. The van der Waals surface area contributed by atoms with E-state index in [1.807, 2.05) is 54.6 Å². The lowest BCUT2D eigenvalue weighted by atomic mass is 10.1. The molecule has 0 unspecified atom stereocenters. The Morgan fingerprint density at radius 3 is 2.33 bits per heavy atom. The molecule has 0 aliphatic rings. The van der Waals surface area contributed by atoms with Crippen LogP contribution in [0.15, 0.2) is 79.0 Å². The van der Waals surface area contributed by atoms with Crippen LogP contribution >= 0.6 is 0 Å². The monoisotopic (exact) mass is 318 g/mol. The molecule has 0 saturated heterocycles. The van der Waals surface area contributed by atoms with Gasteiger partial charge in [-0.2, -0.15) is 0 Å². The molecule has 0 fully saturated rings. The zero-order chi connectivity index (χ0) is 16.6. The maximum absolute atomic E-state index is 12.1. The van der Waals surface area contributed by atoms with Gasteiger partial charge in [0, 0.05) is 12.7 Å². The lowest BCUT2D eigenvalue weighted by Crippen LogP contribution is -2.24. The van der Waals surface area contributed by atoms with E-state index in [9.17, 15) is 4.79 Å². The summed E-state index contributed by atoms with van der Waals surface area (Å²) in [7, 11) is 0. The molecule has 1 amide bonds. The molecule has 3 rings (SSSR count). The molecule has 1 aromatic heterocycles. The van der Waals surface area contributed by atoms with Crippen molar-refractivity contribution in [1.82, 2.24) is 10.3 Å². The summed E-state index contributed by atoms with van der Waals surface area (Å²) in [4.78, 5) is 16.2. The molecule has 1 N–H and O–H groups in total. The van der Waals surface area contributed by atoms with Gasteiger partial charge < -0.3 is 10.1 Å². The first kappa shape index (κ1) is 15.7. The second-order valence-corrected chi connectivity index (χ2v) is 5.27. The standard InChI is InChI=1S/C20H18N2O2/c23-20(19-12-6-7-13-21-19)22-14-16-8-4-5-9-17(16)15-24-18-10-2-1-3-11-18/h1-13H,14-15H2,(H,22,23). The van der Waals surface area contributed by atoms with Gasteiger partial charge in [0.15, 0.2) is 0 Å². The van der Waals surface area contributed by atoms with E-state index in [2.05, 4.69) is 10.3 Å². The zero-order valence-electron chi connectivity index (χ0n) is 13.2. The third-order valence-electron chi connectivity index (χ3n) is 3.59. The third-order valence-corrected chi connectivity index (χ3v) is 3.59. The van der Waals surface area contributed by atoms with Gasteiger partial charge in [-0.25, -0.2) is 0 Å². The Morgan fingerprint density at radius 2 is 1.58 bits per heavy atom. The third kappa shape index (κ3) is 4.20. The van der Waals surface area contributed by atoms with Crippen LogP contribution in [-0.2, 0) is 13.2 Å². The molecule has 0 atom stereocenters. The Bertz CT molecular complexity index is 789. The number of hydrogen-bond donors (Lipinski definition) is 1. The van der Waals surface area contributed by atoms with Gasteiger partial charge in [-0.15, -0.1) is 0 Å². The maximum Gasteiger partial charge on any atom is 0.270 e. The van der Waals surface area contributed by atoms with Crippen molar-refractivity contribution in [1.29, 1.82) is 0 Å². The largest absolute Gasteiger partial charge is 0.489 e. The fraction of sp³-hybridized carbons (Fsp3) is 0.100. The minimum Gasteiger partial charge on any atom is -0.489 e. The smallest absolute Gasteiger partial charge is 0.270 e. The summed E-state index contributed by atoms with van der Waals surface area (Å²) in [6, 6.07) is 22.9. The van der Waals surface area contributed by atoms with Crippen LogP contribution in [0.3, 0.4) is 0 Å². The van der Waals surface area contributed by atoms with E-state index in [4.69, 9.17) is 4.74 Å². The predicted molar refractivity (Wildman–Crippen MR) is 92.6 cm³/mol. The van der Waals surface area contributed by atoms with Gasteiger partial charge in [0.1, 0.15) is 18.1 Å². The fourth-order valence-electron chi connectivity index (χ4n) is 2.31. The van der Waals surface area contributed by atoms with E-state index in [1.165, 1.54) is 0 Å². The zero-order valence-corrected chi connectivity index (χ0v) is 13.2. The Labute approximate surface area is 141 Å². The first-order chi connectivity index (χ1) is 11.8. The lowest BCUT2D eigenvalue weighted by molar-refractivity contribution is 0.0945. The van der Waals surface area contributed by atoms with Crippen molar-refractivity contribution < 1.29 is 9.53 Å². The Hall–Kier alpha value is -3.14. The van der Waals surface area contributed by atoms with Crippen LogP contribution in [0.4, 0.5) is 0 Å². The normalized spacial score (nSPS) is 10.2. The second-order valence-electron chi connectivity index (χ2n) is 5.27. The van der Waals surface area contributed by atoms with Crippen LogP contribution < -0.4 is 10.1 Å². The first-order valence-corrected chi connectivity index (χ1v) is 7.77. The van der Waals surface area contributed by atoms with Crippen molar-refractivity contribution >= 4 is 5.91 Å². The van der Waals surface area contributed by atoms with Crippen LogP contribution in [0.1, 0.15) is 21.6 Å². The van der Waals surface area contributed by atoms with Crippen molar-refractivity contribution in [3.8, 4) is 5.75 Å². The van der Waals surface area contributed by atoms with E-state index in [1.54, 1.807) is 24.4 Å². The summed E-state index contributed by atoms with van der Waals surface area (Å²) >= 11 is 0. The minimum absolute atomic E-state index is 0.186. The topological polar surface area (TPSA) is 51.2 Å². The second kappa shape index (κ2) is 7.92. The highest BCUT2D eigenvalue weighted by Gasteiger charge is 2.08. The van der Waals surface area contributed by atoms with Crippen molar-refractivity contribution in [2.75, 3.05) is 0 Å². The highest BCUT2D eigenvalue weighted by atomic mass is 16.5. The summed E-state index contributed by atoms with van der Waals surface area (Å²) < 4.78 is 5.80. The molecule has 0 radical (unpaired) electrons. The molecular weight excluding hydrogens is 300 g/mol. The summed E-state index contributed by atoms with van der Waals surface area (Å²) in [5.41, 5.74) is 2.48. The van der Waals surface area contributed by atoms with Gasteiger partial charge in [-0.3, -0.25) is 9.78 Å². The van der Waals surface area contributed by atoms with Crippen LogP contribution in [0.25, 0.3) is 0 Å². The van der Waals surface area contributed by atoms with Gasteiger partial charge in [0.05, 0.1) is 0 Å². The van der Waals surface area contributed by atoms with Crippen molar-refractivity contribution in [3.63, 3.8) is 0 Å². The maximum atomic E-state index is 12.1. The van der Waals surface area contributed by atoms with Gasteiger partial charge in [-0.05, 0) is 35.4 Å². The van der Waals surface area contributed by atoms with E-state index in [0.29, 0.717) is 18.8 Å². The summed E-state index contributed by atoms with van der Waals surface area (Å²) in [5, 5.41) is 2.90. The number of rotatable bonds is 6.